The van der Waals surface area contributed by atoms with Crippen LogP contribution in [0.2, 0.25) is 0 Å². The minimum atomic E-state index is -0.172. The Bertz CT molecular complexity index is 657. The molecule has 2 N–H and O–H groups in total. The van der Waals surface area contributed by atoms with Crippen LogP contribution in [-0.2, 0) is 11.2 Å². The van der Waals surface area contributed by atoms with Gasteiger partial charge in [-0.2, -0.15) is 0 Å². The average Bonchev–Trinajstić information content (AvgIpc) is 2.65. The van der Waals surface area contributed by atoms with Crippen LogP contribution in [0.1, 0.15) is 38.7 Å². The number of amides is 1. The van der Waals surface area contributed by atoms with Crippen LogP contribution in [0.15, 0.2) is 27.7 Å². The monoisotopic (exact) mass is 440 g/mol. The number of carbonyl (C=O) groups is 1. The van der Waals surface area contributed by atoms with Crippen molar-refractivity contribution in [3.8, 4) is 0 Å². The number of guanidine groups is 1. The molecular formula is C20H30BrFN4O. The second kappa shape index (κ2) is 10.6. The molecule has 2 rings (SSSR count). The maximum absolute atomic E-state index is 13.8. The van der Waals surface area contributed by atoms with E-state index in [4.69, 9.17) is 0 Å². The molecule has 0 unspecified atom stereocenters. The molecule has 7 heteroatoms. The fourth-order valence-electron chi connectivity index (χ4n) is 3.21. The number of nitrogens with one attached hydrogen (secondary N) is 2. The van der Waals surface area contributed by atoms with Gasteiger partial charge in [-0.05, 0) is 43.4 Å². The van der Waals surface area contributed by atoms with Gasteiger partial charge < -0.3 is 15.5 Å². The van der Waals surface area contributed by atoms with Gasteiger partial charge >= 0.3 is 0 Å². The smallest absolute Gasteiger partial charge is 0.225 e. The lowest BCUT2D eigenvalue weighted by atomic mass is 10.0. The number of rotatable bonds is 6. The molecular weight excluding hydrogens is 411 g/mol. The van der Waals surface area contributed by atoms with Gasteiger partial charge in [0.1, 0.15) is 5.82 Å². The predicted octanol–water partition coefficient (Wildman–Crippen LogP) is 3.33. The molecule has 0 atom stereocenters. The minimum absolute atomic E-state index is 0.0551. The van der Waals surface area contributed by atoms with Gasteiger partial charge in [0.05, 0.1) is 0 Å². The van der Waals surface area contributed by atoms with Crippen molar-refractivity contribution in [2.24, 2.45) is 10.9 Å². The van der Waals surface area contributed by atoms with Gasteiger partial charge in [-0.3, -0.25) is 9.79 Å². The summed E-state index contributed by atoms with van der Waals surface area (Å²) in [6.07, 6.45) is 3.34. The summed E-state index contributed by atoms with van der Waals surface area (Å²) in [5.74, 6) is 0.880. The third kappa shape index (κ3) is 6.79. The maximum atomic E-state index is 13.8. The molecule has 0 spiro atoms. The molecule has 0 saturated carbocycles. The molecule has 0 radical (unpaired) electrons. The van der Waals surface area contributed by atoms with Gasteiger partial charge in [-0.25, -0.2) is 4.39 Å². The molecule has 0 bridgehead atoms. The van der Waals surface area contributed by atoms with Gasteiger partial charge in [0.25, 0.3) is 0 Å². The Morgan fingerprint density at radius 2 is 2.07 bits per heavy atom. The highest BCUT2D eigenvalue weighted by Crippen LogP contribution is 2.16. The van der Waals surface area contributed by atoms with E-state index in [0.29, 0.717) is 12.5 Å². The summed E-state index contributed by atoms with van der Waals surface area (Å²) < 4.78 is 14.6. The number of benzene rings is 1. The number of hydrogen-bond acceptors (Lipinski definition) is 2. The highest BCUT2D eigenvalue weighted by Gasteiger charge is 2.24. The summed E-state index contributed by atoms with van der Waals surface area (Å²) in [5.41, 5.74) is 0.727. The lowest BCUT2D eigenvalue weighted by Crippen LogP contribution is -2.50. The number of hydrogen-bond donors (Lipinski definition) is 2. The molecule has 1 aliphatic heterocycles. The first-order chi connectivity index (χ1) is 12.9. The van der Waals surface area contributed by atoms with Gasteiger partial charge in [0, 0.05) is 43.1 Å². The molecule has 0 aromatic heterocycles. The quantitative estimate of drug-likeness (QED) is 0.405. The van der Waals surface area contributed by atoms with Crippen LogP contribution in [0.4, 0.5) is 4.39 Å². The Balaban J connectivity index is 1.70. The molecule has 1 fully saturated rings. The number of aryl methyl sites for hydroxylation is 1. The third-order valence-electron chi connectivity index (χ3n) is 4.80. The number of nitrogens with zero attached hydrogens (tertiary/aromatic N) is 2. The Hall–Kier alpha value is -1.63. The first kappa shape index (κ1) is 21.7. The van der Waals surface area contributed by atoms with Crippen LogP contribution >= 0.6 is 15.9 Å². The number of halogens is 2. The molecule has 1 aromatic carbocycles. The van der Waals surface area contributed by atoms with Crippen LogP contribution in [-0.4, -0.2) is 49.5 Å². The minimum Gasteiger partial charge on any atom is -0.356 e. The van der Waals surface area contributed by atoms with Gasteiger partial charge in [-0.1, -0.05) is 35.8 Å². The molecule has 1 amide bonds. The highest BCUT2D eigenvalue weighted by atomic mass is 79.9. The standard InChI is InChI=1S/C20H30BrFN4O/c1-14(2)19(27)26-11-8-17(9-12-26)25-20(23-3)24-10-4-5-15-6-7-16(21)13-18(15)22/h6-7,13-14,17H,4-5,8-12H2,1-3H3,(H2,23,24,25). The zero-order chi connectivity index (χ0) is 19.8. The highest BCUT2D eigenvalue weighted by molar-refractivity contribution is 9.10. The number of aliphatic imine (C=N–C) groups is 1. The first-order valence-corrected chi connectivity index (χ1v) is 10.4. The van der Waals surface area contributed by atoms with Crippen LogP contribution in [0.3, 0.4) is 0 Å². The van der Waals surface area contributed by atoms with Gasteiger partial charge in [0.2, 0.25) is 5.91 Å². The summed E-state index contributed by atoms with van der Waals surface area (Å²) in [4.78, 5) is 18.3. The Labute approximate surface area is 169 Å². The number of piperidine rings is 1. The van der Waals surface area contributed by atoms with E-state index >= 15 is 0 Å². The second-order valence-corrected chi connectivity index (χ2v) is 8.15. The lowest BCUT2D eigenvalue weighted by molar-refractivity contribution is -0.135. The van der Waals surface area contributed by atoms with Crippen LogP contribution in [0, 0.1) is 11.7 Å². The van der Waals surface area contributed by atoms with E-state index in [1.54, 1.807) is 7.05 Å². The number of likely N-dealkylation sites (tertiary alicyclic amines) is 1. The zero-order valence-corrected chi connectivity index (χ0v) is 18.0. The average molecular weight is 441 g/mol. The summed E-state index contributed by atoms with van der Waals surface area (Å²) >= 11 is 3.27. The van der Waals surface area contributed by atoms with Crippen LogP contribution in [0.5, 0.6) is 0 Å². The lowest BCUT2D eigenvalue weighted by Gasteiger charge is -2.34. The van der Waals surface area contributed by atoms with Crippen molar-refractivity contribution in [3.63, 3.8) is 0 Å². The molecule has 1 aromatic rings. The zero-order valence-electron chi connectivity index (χ0n) is 16.4. The molecule has 150 valence electrons. The predicted molar refractivity (Wildman–Crippen MR) is 111 cm³/mol. The van der Waals surface area contributed by atoms with E-state index in [9.17, 15) is 9.18 Å². The van der Waals surface area contributed by atoms with Crippen LogP contribution < -0.4 is 10.6 Å². The largest absolute Gasteiger partial charge is 0.356 e. The van der Waals surface area contributed by atoms with E-state index in [-0.39, 0.29) is 17.6 Å². The van der Waals surface area contributed by atoms with Crippen molar-refractivity contribution >= 4 is 27.8 Å². The van der Waals surface area contributed by atoms with E-state index in [0.717, 1.165) is 54.9 Å². The maximum Gasteiger partial charge on any atom is 0.225 e. The molecule has 0 aliphatic carbocycles. The van der Waals surface area contributed by atoms with Crippen molar-refractivity contribution < 1.29 is 9.18 Å². The van der Waals surface area contributed by atoms with Crippen molar-refractivity contribution in [1.29, 1.82) is 0 Å². The summed E-state index contributed by atoms with van der Waals surface area (Å²) in [5, 5.41) is 6.73. The van der Waals surface area contributed by atoms with Crippen molar-refractivity contribution in [2.75, 3.05) is 26.7 Å². The number of carbonyl (C=O) groups excluding carboxylic acids is 1. The van der Waals surface area contributed by atoms with Crippen molar-refractivity contribution in [2.45, 2.75) is 45.6 Å². The molecule has 1 heterocycles. The van der Waals surface area contributed by atoms with E-state index in [2.05, 4.69) is 31.6 Å². The topological polar surface area (TPSA) is 56.7 Å². The van der Waals surface area contributed by atoms with E-state index in [1.807, 2.05) is 30.9 Å². The fourth-order valence-corrected chi connectivity index (χ4v) is 3.54. The Kier molecular flexibility index (Phi) is 8.54. The van der Waals surface area contributed by atoms with Crippen molar-refractivity contribution in [3.05, 3.63) is 34.1 Å². The molecule has 5 nitrogen and oxygen atoms in total. The fraction of sp³-hybridized carbons (Fsp3) is 0.600. The first-order valence-electron chi connectivity index (χ1n) is 9.60. The SMILES string of the molecule is CN=C(NCCCc1ccc(Br)cc1F)NC1CCN(C(=O)C(C)C)CC1. The normalized spacial score (nSPS) is 15.9. The summed E-state index contributed by atoms with van der Waals surface area (Å²) in [6.45, 7) is 6.18. The Morgan fingerprint density at radius 1 is 1.37 bits per heavy atom. The molecule has 1 saturated heterocycles. The third-order valence-corrected chi connectivity index (χ3v) is 5.29. The molecule has 27 heavy (non-hydrogen) atoms. The summed E-state index contributed by atoms with van der Waals surface area (Å²) in [6, 6.07) is 5.50. The second-order valence-electron chi connectivity index (χ2n) is 7.24. The van der Waals surface area contributed by atoms with Crippen molar-refractivity contribution in [1.82, 2.24) is 15.5 Å². The van der Waals surface area contributed by atoms with E-state index < -0.39 is 0 Å². The van der Waals surface area contributed by atoms with Gasteiger partial charge in [0.15, 0.2) is 5.96 Å². The summed E-state index contributed by atoms with van der Waals surface area (Å²) in [7, 11) is 1.75. The van der Waals surface area contributed by atoms with Crippen LogP contribution in [0.25, 0.3) is 0 Å². The van der Waals surface area contributed by atoms with Gasteiger partial charge in [-0.15, -0.1) is 0 Å². The Morgan fingerprint density at radius 3 is 2.67 bits per heavy atom. The molecule has 1 aliphatic rings. The van der Waals surface area contributed by atoms with E-state index in [1.165, 1.54) is 6.07 Å².